The van der Waals surface area contributed by atoms with Gasteiger partial charge in [-0.15, -0.1) is 0 Å². The number of halogens is 2. The fraction of sp³-hybridized carbons (Fsp3) is 0.364. The molecule has 2 nitrogen and oxygen atoms in total. The molecule has 0 aliphatic heterocycles. The molecule has 0 aromatic heterocycles. The Morgan fingerprint density at radius 3 is 2.80 bits per heavy atom. The number of anilines is 1. The Morgan fingerprint density at radius 2 is 2.27 bits per heavy atom. The smallest absolute Gasteiger partial charge is 0.227 e. The van der Waals surface area contributed by atoms with Gasteiger partial charge in [0.1, 0.15) is 0 Å². The lowest BCUT2D eigenvalue weighted by atomic mass is 10.3. The van der Waals surface area contributed by atoms with Crippen molar-refractivity contribution in [2.45, 2.75) is 13.3 Å². The van der Waals surface area contributed by atoms with Crippen LogP contribution in [0.3, 0.4) is 0 Å². The number of benzene rings is 1. The fourth-order valence-corrected chi connectivity index (χ4v) is 2.21. The number of hydrogen-bond donors (Lipinski definition) is 1. The summed E-state index contributed by atoms with van der Waals surface area (Å²) in [7, 11) is 0. The number of nitrogens with one attached hydrogen (secondary N) is 1. The number of hydrogen-bond acceptors (Lipinski definition) is 1. The Balaban J connectivity index is 2.04. The molecule has 0 saturated heterocycles. The molecule has 1 amide bonds. The van der Waals surface area contributed by atoms with Gasteiger partial charge in [0, 0.05) is 19.6 Å². The number of carbonyl (C=O) groups is 1. The van der Waals surface area contributed by atoms with E-state index in [1.54, 1.807) is 0 Å². The molecule has 4 heteroatoms. The van der Waals surface area contributed by atoms with Gasteiger partial charge < -0.3 is 5.32 Å². The molecule has 1 N–H and O–H groups in total. The predicted octanol–water partition coefficient (Wildman–Crippen LogP) is 3.65. The molecule has 2 rings (SSSR count). The van der Waals surface area contributed by atoms with Crippen molar-refractivity contribution >= 4 is 50.1 Å². The summed E-state index contributed by atoms with van der Waals surface area (Å²) in [6, 6.07) is 5.85. The second kappa shape index (κ2) is 4.41. The molecule has 1 fully saturated rings. The topological polar surface area (TPSA) is 29.1 Å². The van der Waals surface area contributed by atoms with Crippen LogP contribution >= 0.6 is 38.5 Å². The van der Waals surface area contributed by atoms with Crippen LogP contribution < -0.4 is 5.32 Å². The van der Waals surface area contributed by atoms with Gasteiger partial charge in [-0.1, -0.05) is 6.92 Å². The van der Waals surface area contributed by atoms with Gasteiger partial charge in [-0.3, -0.25) is 4.79 Å². The van der Waals surface area contributed by atoms with E-state index in [1.165, 1.54) is 0 Å². The van der Waals surface area contributed by atoms with Crippen molar-refractivity contribution in [3.8, 4) is 0 Å². The Labute approximate surface area is 111 Å². The minimum Gasteiger partial charge on any atom is -0.326 e. The molecule has 2 atom stereocenters. The quantitative estimate of drug-likeness (QED) is 0.781. The van der Waals surface area contributed by atoms with Crippen LogP contribution in [0.25, 0.3) is 0 Å². The third-order valence-corrected chi connectivity index (χ3v) is 4.97. The molecule has 80 valence electrons. The van der Waals surface area contributed by atoms with Gasteiger partial charge in [-0.25, -0.2) is 0 Å². The van der Waals surface area contributed by atoms with Gasteiger partial charge in [0.25, 0.3) is 0 Å². The van der Waals surface area contributed by atoms with E-state index in [0.717, 1.165) is 20.2 Å². The molecule has 1 aromatic rings. The average molecular weight is 380 g/mol. The zero-order valence-corrected chi connectivity index (χ0v) is 12.0. The zero-order valence-electron chi connectivity index (χ0n) is 8.26. The van der Waals surface area contributed by atoms with E-state index >= 15 is 0 Å². The molecular formula is C11H11BrINO. The van der Waals surface area contributed by atoms with Crippen LogP contribution in [0.2, 0.25) is 0 Å². The van der Waals surface area contributed by atoms with E-state index < -0.39 is 0 Å². The van der Waals surface area contributed by atoms with E-state index in [9.17, 15) is 4.79 Å². The molecule has 0 spiro atoms. The van der Waals surface area contributed by atoms with E-state index in [0.29, 0.717) is 5.92 Å². The average Bonchev–Trinajstić information content (AvgIpc) is 2.89. The van der Waals surface area contributed by atoms with Crippen molar-refractivity contribution in [3.05, 3.63) is 26.2 Å². The van der Waals surface area contributed by atoms with Crippen LogP contribution in [-0.4, -0.2) is 5.91 Å². The minimum absolute atomic E-state index is 0.149. The Kier molecular flexibility index (Phi) is 3.35. The summed E-state index contributed by atoms with van der Waals surface area (Å²) in [4.78, 5) is 11.7. The Morgan fingerprint density at radius 1 is 1.60 bits per heavy atom. The summed E-state index contributed by atoms with van der Waals surface area (Å²) >= 11 is 5.69. The van der Waals surface area contributed by atoms with Gasteiger partial charge in [0.05, 0.1) is 0 Å². The summed E-state index contributed by atoms with van der Waals surface area (Å²) in [6.07, 6.45) is 1.03. The summed E-state index contributed by atoms with van der Waals surface area (Å²) in [6.45, 7) is 2.11. The van der Waals surface area contributed by atoms with Crippen LogP contribution in [0.5, 0.6) is 0 Å². The molecule has 2 unspecified atom stereocenters. The third kappa shape index (κ3) is 2.72. The molecule has 1 saturated carbocycles. The Bertz CT molecular complexity index is 408. The second-order valence-corrected chi connectivity index (χ2v) is 5.95. The first-order valence-corrected chi connectivity index (χ1v) is 6.71. The monoisotopic (exact) mass is 379 g/mol. The largest absolute Gasteiger partial charge is 0.326 e. The number of carbonyl (C=O) groups excluding carboxylic acids is 1. The maximum absolute atomic E-state index is 11.7. The van der Waals surface area contributed by atoms with E-state index in [4.69, 9.17) is 0 Å². The lowest BCUT2D eigenvalue weighted by molar-refractivity contribution is -0.117. The highest BCUT2D eigenvalue weighted by molar-refractivity contribution is 14.1. The van der Waals surface area contributed by atoms with Gasteiger partial charge in [-0.2, -0.15) is 0 Å². The van der Waals surface area contributed by atoms with Crippen LogP contribution in [0.1, 0.15) is 13.3 Å². The van der Waals surface area contributed by atoms with Gasteiger partial charge in [0.2, 0.25) is 5.91 Å². The highest BCUT2D eigenvalue weighted by Crippen LogP contribution is 2.38. The highest BCUT2D eigenvalue weighted by atomic mass is 127. The Hall–Kier alpha value is -0.100. The summed E-state index contributed by atoms with van der Waals surface area (Å²) < 4.78 is 2.16. The van der Waals surface area contributed by atoms with Gasteiger partial charge in [0.15, 0.2) is 0 Å². The molecule has 1 aromatic carbocycles. The van der Waals surface area contributed by atoms with Crippen LogP contribution in [0.15, 0.2) is 22.7 Å². The maximum atomic E-state index is 11.7. The third-order valence-electron chi connectivity index (χ3n) is 2.63. The van der Waals surface area contributed by atoms with Crippen molar-refractivity contribution in [2.75, 3.05) is 5.32 Å². The first kappa shape index (κ1) is 11.4. The van der Waals surface area contributed by atoms with Crippen molar-refractivity contribution in [3.63, 3.8) is 0 Å². The molecule has 1 aliphatic carbocycles. The molecule has 0 bridgehead atoms. The maximum Gasteiger partial charge on any atom is 0.227 e. The fourth-order valence-electron chi connectivity index (χ4n) is 1.50. The summed E-state index contributed by atoms with van der Waals surface area (Å²) in [5.74, 6) is 0.927. The molecular weight excluding hydrogens is 369 g/mol. The second-order valence-electron chi connectivity index (χ2n) is 3.94. The number of amides is 1. The van der Waals surface area contributed by atoms with Crippen molar-refractivity contribution in [2.24, 2.45) is 11.8 Å². The summed E-state index contributed by atoms with van der Waals surface area (Å²) in [5.41, 5.74) is 0.867. The highest BCUT2D eigenvalue weighted by Gasteiger charge is 2.39. The zero-order chi connectivity index (χ0) is 11.0. The molecule has 0 radical (unpaired) electrons. The van der Waals surface area contributed by atoms with Crippen LogP contribution in [0.4, 0.5) is 5.69 Å². The minimum atomic E-state index is 0.149. The standard InChI is InChI=1S/C11H11BrINO/c1-6-4-8(6)11(15)14-7-2-3-10(13)9(12)5-7/h2-3,5-6,8H,4H2,1H3,(H,14,15). The van der Waals surface area contributed by atoms with Crippen LogP contribution in [-0.2, 0) is 4.79 Å². The lowest BCUT2D eigenvalue weighted by Crippen LogP contribution is -2.14. The van der Waals surface area contributed by atoms with Crippen molar-refractivity contribution < 1.29 is 4.79 Å². The van der Waals surface area contributed by atoms with Gasteiger partial charge in [-0.05, 0) is 69.1 Å². The lowest BCUT2D eigenvalue weighted by Gasteiger charge is -2.05. The normalized spacial score (nSPS) is 23.7. The van der Waals surface area contributed by atoms with Gasteiger partial charge >= 0.3 is 0 Å². The molecule has 0 heterocycles. The van der Waals surface area contributed by atoms with E-state index in [-0.39, 0.29) is 11.8 Å². The van der Waals surface area contributed by atoms with Crippen LogP contribution in [0, 0.1) is 15.4 Å². The van der Waals surface area contributed by atoms with E-state index in [2.05, 4.69) is 50.8 Å². The number of rotatable bonds is 2. The van der Waals surface area contributed by atoms with Crippen molar-refractivity contribution in [1.82, 2.24) is 0 Å². The van der Waals surface area contributed by atoms with Crippen molar-refractivity contribution in [1.29, 1.82) is 0 Å². The first-order chi connectivity index (χ1) is 7.08. The SMILES string of the molecule is CC1CC1C(=O)Nc1ccc(I)c(Br)c1. The summed E-state index contributed by atoms with van der Waals surface area (Å²) in [5, 5.41) is 2.93. The predicted molar refractivity (Wildman–Crippen MR) is 72.8 cm³/mol. The molecule has 15 heavy (non-hydrogen) atoms. The molecule has 1 aliphatic rings. The first-order valence-electron chi connectivity index (χ1n) is 4.84. The van der Waals surface area contributed by atoms with E-state index in [1.807, 2.05) is 18.2 Å².